The molecule has 0 aliphatic rings. The van der Waals surface area contributed by atoms with Crippen LogP contribution in [0.1, 0.15) is 18.1 Å². The van der Waals surface area contributed by atoms with Gasteiger partial charge >= 0.3 is 6.18 Å². The predicted molar refractivity (Wildman–Crippen MR) is 69.3 cm³/mol. The van der Waals surface area contributed by atoms with E-state index in [0.29, 0.717) is 5.56 Å². The van der Waals surface area contributed by atoms with Crippen molar-refractivity contribution in [3.63, 3.8) is 0 Å². The molecular formula is C13H12F3NO2S. The molecule has 20 heavy (non-hydrogen) atoms. The Morgan fingerprint density at radius 3 is 2.25 bits per heavy atom. The fraction of sp³-hybridized carbons (Fsp3) is 0.308. The van der Waals surface area contributed by atoms with Gasteiger partial charge < -0.3 is 0 Å². The van der Waals surface area contributed by atoms with Crippen LogP contribution in [0, 0.1) is 11.3 Å². The molecule has 3 nitrogen and oxygen atoms in total. The quantitative estimate of drug-likeness (QED) is 0.803. The van der Waals surface area contributed by atoms with Crippen LogP contribution < -0.4 is 0 Å². The van der Waals surface area contributed by atoms with Crippen LogP contribution in [0.2, 0.25) is 0 Å². The van der Waals surface area contributed by atoms with Gasteiger partial charge in [-0.3, -0.25) is 0 Å². The van der Waals surface area contributed by atoms with Crippen molar-refractivity contribution in [2.45, 2.75) is 19.5 Å². The molecule has 0 fully saturated rings. The number of hydrogen-bond donors (Lipinski definition) is 0. The van der Waals surface area contributed by atoms with Crippen LogP contribution in [0.3, 0.4) is 0 Å². The number of nitriles is 1. The summed E-state index contributed by atoms with van der Waals surface area (Å²) >= 11 is 0. The number of allylic oxidation sites excluding steroid dienone is 1. The van der Waals surface area contributed by atoms with Crippen LogP contribution in [0.15, 0.2) is 29.2 Å². The first-order chi connectivity index (χ1) is 9.18. The van der Waals surface area contributed by atoms with Crippen molar-refractivity contribution in [1.29, 1.82) is 5.26 Å². The molecule has 1 rings (SSSR count). The van der Waals surface area contributed by atoms with E-state index in [1.54, 1.807) is 6.07 Å². The molecule has 0 spiro atoms. The lowest BCUT2D eigenvalue weighted by molar-refractivity contribution is -0.127. The average molecular weight is 303 g/mol. The minimum Gasteiger partial charge on any atom is -0.223 e. The van der Waals surface area contributed by atoms with Gasteiger partial charge in [0.1, 0.15) is 11.0 Å². The van der Waals surface area contributed by atoms with Gasteiger partial charge in [-0.15, -0.1) is 0 Å². The second-order valence-corrected chi connectivity index (χ2v) is 6.30. The van der Waals surface area contributed by atoms with Crippen molar-refractivity contribution >= 4 is 15.9 Å². The molecule has 1 aromatic rings. The van der Waals surface area contributed by atoms with E-state index >= 15 is 0 Å². The Bertz CT molecular complexity index is 638. The van der Waals surface area contributed by atoms with Crippen molar-refractivity contribution in [3.05, 3.63) is 40.3 Å². The summed E-state index contributed by atoms with van der Waals surface area (Å²) < 4.78 is 59.6. The summed E-state index contributed by atoms with van der Waals surface area (Å²) in [6.45, 7) is 1.41. The topological polar surface area (TPSA) is 57.9 Å². The van der Waals surface area contributed by atoms with Crippen molar-refractivity contribution < 1.29 is 21.6 Å². The van der Waals surface area contributed by atoms with E-state index in [4.69, 9.17) is 5.26 Å². The Morgan fingerprint density at radius 2 is 1.85 bits per heavy atom. The molecule has 7 heteroatoms. The van der Waals surface area contributed by atoms with Gasteiger partial charge in [0.2, 0.25) is 0 Å². The molecule has 0 aliphatic carbocycles. The van der Waals surface area contributed by atoms with Crippen LogP contribution in [-0.2, 0) is 16.3 Å². The Hall–Kier alpha value is -1.81. The number of rotatable bonds is 4. The van der Waals surface area contributed by atoms with E-state index < -0.39 is 27.3 Å². The maximum absolute atomic E-state index is 12.2. The summed E-state index contributed by atoms with van der Waals surface area (Å²) in [7, 11) is -3.63. The number of alkyl halides is 3. The second kappa shape index (κ2) is 6.09. The summed E-state index contributed by atoms with van der Waals surface area (Å²) in [5, 5.41) is 8.82. The molecule has 0 N–H and O–H groups in total. The molecule has 0 bridgehead atoms. The van der Waals surface area contributed by atoms with Gasteiger partial charge in [-0.05, 0) is 17.2 Å². The zero-order chi connectivity index (χ0) is 15.4. The number of benzene rings is 1. The third kappa shape index (κ3) is 4.70. The molecule has 0 amide bonds. The standard InChI is InChI=1S/C13H12F3NO2S/c1-2-20(18,19)12(9-17)7-10-3-5-11(6-4-10)8-13(14,15)16/h3-7H,2,8H2,1H3/b12-7-. The first-order valence-electron chi connectivity index (χ1n) is 5.68. The summed E-state index contributed by atoms with van der Waals surface area (Å²) in [5.74, 6) is -0.210. The monoisotopic (exact) mass is 303 g/mol. The lowest BCUT2D eigenvalue weighted by Crippen LogP contribution is -2.11. The largest absolute Gasteiger partial charge is 0.393 e. The molecule has 0 saturated heterocycles. The van der Waals surface area contributed by atoms with E-state index in [2.05, 4.69) is 0 Å². The molecule has 108 valence electrons. The van der Waals surface area contributed by atoms with E-state index in [1.807, 2.05) is 0 Å². The highest BCUT2D eigenvalue weighted by Crippen LogP contribution is 2.22. The highest BCUT2D eigenvalue weighted by atomic mass is 32.2. The maximum Gasteiger partial charge on any atom is 0.393 e. The van der Waals surface area contributed by atoms with E-state index in [1.165, 1.54) is 31.2 Å². The van der Waals surface area contributed by atoms with Gasteiger partial charge in [0, 0.05) is 0 Å². The van der Waals surface area contributed by atoms with Crippen molar-refractivity contribution in [3.8, 4) is 6.07 Å². The Balaban J connectivity index is 3.03. The predicted octanol–water partition coefficient (Wildman–Crippen LogP) is 3.09. The number of halogens is 3. The van der Waals surface area contributed by atoms with E-state index in [9.17, 15) is 21.6 Å². The van der Waals surface area contributed by atoms with Crippen LogP contribution in [0.4, 0.5) is 13.2 Å². The van der Waals surface area contributed by atoms with Crippen LogP contribution >= 0.6 is 0 Å². The highest BCUT2D eigenvalue weighted by Gasteiger charge is 2.27. The second-order valence-electron chi connectivity index (χ2n) is 4.06. The smallest absolute Gasteiger partial charge is 0.223 e. The van der Waals surface area contributed by atoms with Crippen LogP contribution in [0.25, 0.3) is 6.08 Å². The zero-order valence-electron chi connectivity index (χ0n) is 10.6. The van der Waals surface area contributed by atoms with Crippen LogP contribution in [0.5, 0.6) is 0 Å². The fourth-order valence-corrected chi connectivity index (χ4v) is 2.23. The Labute approximate surface area is 115 Å². The third-order valence-electron chi connectivity index (χ3n) is 2.51. The van der Waals surface area contributed by atoms with E-state index in [-0.39, 0.29) is 11.3 Å². The summed E-state index contributed by atoms with van der Waals surface area (Å²) in [6, 6.07) is 6.80. The van der Waals surface area contributed by atoms with Gasteiger partial charge in [0.25, 0.3) is 0 Å². The summed E-state index contributed by atoms with van der Waals surface area (Å²) in [4.78, 5) is -0.399. The molecular weight excluding hydrogens is 291 g/mol. The van der Waals surface area contributed by atoms with Gasteiger partial charge in [-0.1, -0.05) is 31.2 Å². The molecule has 0 heterocycles. The minimum atomic E-state index is -4.29. The summed E-state index contributed by atoms with van der Waals surface area (Å²) in [6.07, 6.45) is -4.19. The molecule has 0 radical (unpaired) electrons. The minimum absolute atomic E-state index is 0.0755. The first-order valence-corrected chi connectivity index (χ1v) is 7.33. The number of sulfone groups is 1. The first kappa shape index (κ1) is 16.2. The molecule has 0 aliphatic heterocycles. The van der Waals surface area contributed by atoms with Crippen LogP contribution in [-0.4, -0.2) is 20.3 Å². The van der Waals surface area contributed by atoms with Crippen molar-refractivity contribution in [2.75, 3.05) is 5.75 Å². The number of nitrogens with zero attached hydrogens (tertiary/aromatic N) is 1. The SMILES string of the molecule is CCS(=O)(=O)/C(C#N)=C\c1ccc(CC(F)(F)F)cc1. The summed E-state index contributed by atoms with van der Waals surface area (Å²) in [5.41, 5.74) is 0.441. The average Bonchev–Trinajstić information content (AvgIpc) is 2.35. The maximum atomic E-state index is 12.2. The molecule has 1 aromatic carbocycles. The molecule has 0 unspecified atom stereocenters. The lowest BCUT2D eigenvalue weighted by Gasteiger charge is -2.06. The Morgan fingerprint density at radius 1 is 1.30 bits per heavy atom. The highest BCUT2D eigenvalue weighted by molar-refractivity contribution is 7.95. The molecule has 0 aromatic heterocycles. The fourth-order valence-electron chi connectivity index (χ4n) is 1.46. The van der Waals surface area contributed by atoms with Gasteiger partial charge in [-0.2, -0.15) is 18.4 Å². The third-order valence-corrected chi connectivity index (χ3v) is 4.15. The van der Waals surface area contributed by atoms with Gasteiger partial charge in [0.05, 0.1) is 12.2 Å². The molecule has 0 atom stereocenters. The van der Waals surface area contributed by atoms with Crippen molar-refractivity contribution in [2.24, 2.45) is 0 Å². The molecule has 0 saturated carbocycles. The van der Waals surface area contributed by atoms with Crippen molar-refractivity contribution in [1.82, 2.24) is 0 Å². The zero-order valence-corrected chi connectivity index (χ0v) is 11.4. The number of hydrogen-bond acceptors (Lipinski definition) is 3. The normalized spacial score (nSPS) is 13.1. The van der Waals surface area contributed by atoms with Gasteiger partial charge in [-0.25, -0.2) is 8.42 Å². The Kier molecular flexibility index (Phi) is 4.95. The van der Waals surface area contributed by atoms with E-state index in [0.717, 1.165) is 6.08 Å². The lowest BCUT2D eigenvalue weighted by atomic mass is 10.1. The van der Waals surface area contributed by atoms with Gasteiger partial charge in [0.15, 0.2) is 9.84 Å².